The van der Waals surface area contributed by atoms with Gasteiger partial charge in [0.25, 0.3) is 0 Å². The van der Waals surface area contributed by atoms with E-state index in [4.69, 9.17) is 5.73 Å². The van der Waals surface area contributed by atoms with E-state index in [1.54, 1.807) is 0 Å². The molecule has 0 heterocycles. The van der Waals surface area contributed by atoms with E-state index < -0.39 is 0 Å². The predicted molar refractivity (Wildman–Crippen MR) is 59.9 cm³/mol. The summed E-state index contributed by atoms with van der Waals surface area (Å²) in [5.74, 6) is 1.81. The van der Waals surface area contributed by atoms with Crippen molar-refractivity contribution in [3.63, 3.8) is 0 Å². The minimum atomic E-state index is 0.810. The fourth-order valence-corrected chi connectivity index (χ4v) is 0.848. The topological polar surface area (TPSA) is 38.0 Å². The highest BCUT2D eigenvalue weighted by Gasteiger charge is 1.91. The first kappa shape index (κ1) is 11.3. The van der Waals surface area contributed by atoms with Crippen LogP contribution in [-0.4, -0.2) is 12.4 Å². The van der Waals surface area contributed by atoms with Crippen molar-refractivity contribution in [1.29, 1.82) is 0 Å². The average molecular weight is 231 g/mol. The lowest BCUT2D eigenvalue weighted by atomic mass is 10.3. The Morgan fingerprint density at radius 3 is 2.42 bits per heavy atom. The maximum atomic E-state index is 5.64. The molecule has 1 aromatic carbocycles. The van der Waals surface area contributed by atoms with E-state index in [1.165, 1.54) is 0 Å². The summed E-state index contributed by atoms with van der Waals surface area (Å²) in [7, 11) is 0. The van der Waals surface area contributed by atoms with Gasteiger partial charge in [-0.15, -0.1) is 0 Å². The maximum absolute atomic E-state index is 5.64. The zero-order valence-electron chi connectivity index (χ0n) is 7.47. The zero-order valence-corrected chi connectivity index (χ0v) is 9.06. The normalized spacial score (nSPS) is 8.25. The van der Waals surface area contributed by atoms with E-state index in [1.807, 2.05) is 37.0 Å². The molecule has 0 aromatic heterocycles. The van der Waals surface area contributed by atoms with E-state index in [2.05, 4.69) is 21.2 Å². The Kier molecular flexibility index (Phi) is 6.57. The van der Waals surface area contributed by atoms with Crippen LogP contribution in [0.2, 0.25) is 0 Å². The van der Waals surface area contributed by atoms with Gasteiger partial charge in [-0.05, 0) is 24.9 Å². The Hall–Kier alpha value is -0.700. The summed E-state index contributed by atoms with van der Waals surface area (Å²) in [4.78, 5) is 0. The first-order chi connectivity index (χ1) is 5.84. The smallest absolute Gasteiger partial charge is 0.0573 e. The highest BCUT2D eigenvalue weighted by Crippen LogP contribution is 2.15. The van der Waals surface area contributed by atoms with Crippen molar-refractivity contribution in [3.8, 4) is 0 Å². The molecule has 0 radical (unpaired) electrons. The maximum Gasteiger partial charge on any atom is 0.0573 e. The molecule has 0 saturated carbocycles. The van der Waals surface area contributed by atoms with Crippen molar-refractivity contribution in [2.24, 2.45) is 0 Å². The molecule has 1 rings (SSSR count). The van der Waals surface area contributed by atoms with Crippen LogP contribution in [0.3, 0.4) is 0 Å². The minimum Gasteiger partial charge on any atom is -0.397 e. The van der Waals surface area contributed by atoms with Gasteiger partial charge < -0.3 is 11.1 Å². The lowest BCUT2D eigenvalue weighted by molar-refractivity contribution is 1.21. The lowest BCUT2D eigenvalue weighted by Gasteiger charge is -2.04. The summed E-state index contributed by atoms with van der Waals surface area (Å²) in [5.41, 5.74) is 7.47. The van der Waals surface area contributed by atoms with E-state index >= 15 is 0 Å². The standard InChI is InChI=1S/C8H12N2.CH3Br/c1-2-10-8-6-4-3-5-7(8)9;1-2/h3-6,10H,2,9H2,1H3;1H3. The first-order valence-electron chi connectivity index (χ1n) is 3.80. The number of nitrogens with one attached hydrogen (secondary N) is 1. The Morgan fingerprint density at radius 1 is 1.33 bits per heavy atom. The zero-order chi connectivity index (χ0) is 9.40. The predicted octanol–water partition coefficient (Wildman–Crippen LogP) is 2.71. The van der Waals surface area contributed by atoms with Crippen molar-refractivity contribution in [2.45, 2.75) is 6.92 Å². The molecule has 0 aliphatic rings. The number of benzene rings is 1. The van der Waals surface area contributed by atoms with E-state index in [-0.39, 0.29) is 0 Å². The third-order valence-corrected chi connectivity index (χ3v) is 1.33. The number of anilines is 2. The molecular formula is C9H15BrN2. The Morgan fingerprint density at radius 2 is 1.92 bits per heavy atom. The summed E-state index contributed by atoms with van der Waals surface area (Å²) >= 11 is 2.94. The molecule has 1 aromatic rings. The number of alkyl halides is 1. The SMILES string of the molecule is CBr.CCNc1ccccc1N. The van der Waals surface area contributed by atoms with E-state index in [9.17, 15) is 0 Å². The van der Waals surface area contributed by atoms with Crippen LogP contribution in [0.25, 0.3) is 0 Å². The van der Waals surface area contributed by atoms with Crippen LogP contribution in [0, 0.1) is 0 Å². The van der Waals surface area contributed by atoms with Gasteiger partial charge in [0.2, 0.25) is 0 Å². The number of rotatable bonds is 2. The van der Waals surface area contributed by atoms with Gasteiger partial charge in [-0.1, -0.05) is 28.1 Å². The fourth-order valence-electron chi connectivity index (χ4n) is 0.848. The second-order valence-electron chi connectivity index (χ2n) is 2.12. The van der Waals surface area contributed by atoms with Crippen LogP contribution in [0.1, 0.15) is 6.92 Å². The second-order valence-corrected chi connectivity index (χ2v) is 2.12. The third-order valence-electron chi connectivity index (χ3n) is 1.33. The van der Waals surface area contributed by atoms with Crippen LogP contribution in [-0.2, 0) is 0 Å². The molecule has 0 aliphatic carbocycles. The van der Waals surface area contributed by atoms with Crippen LogP contribution in [0.4, 0.5) is 11.4 Å². The molecule has 0 spiro atoms. The van der Waals surface area contributed by atoms with Gasteiger partial charge >= 0.3 is 0 Å². The molecule has 3 heteroatoms. The Labute approximate surface area is 82.3 Å². The van der Waals surface area contributed by atoms with Crippen LogP contribution >= 0.6 is 15.9 Å². The van der Waals surface area contributed by atoms with Crippen molar-refractivity contribution >= 4 is 27.3 Å². The quantitative estimate of drug-likeness (QED) is 0.606. The average Bonchev–Trinajstić information content (AvgIpc) is 2.13. The second kappa shape index (κ2) is 6.98. The number of nitrogens with two attached hydrogens (primary N) is 1. The van der Waals surface area contributed by atoms with Crippen LogP contribution in [0.15, 0.2) is 24.3 Å². The Balaban J connectivity index is 0.000000561. The van der Waals surface area contributed by atoms with Gasteiger partial charge in [-0.3, -0.25) is 0 Å². The van der Waals surface area contributed by atoms with Crippen LogP contribution in [0.5, 0.6) is 0 Å². The number of hydrogen-bond donors (Lipinski definition) is 2. The number of halogens is 1. The highest BCUT2D eigenvalue weighted by molar-refractivity contribution is 9.08. The molecular weight excluding hydrogens is 216 g/mol. The van der Waals surface area contributed by atoms with Gasteiger partial charge in [0.05, 0.1) is 11.4 Å². The number of nitrogen functional groups attached to an aromatic ring is 1. The molecule has 3 N–H and O–H groups in total. The Bertz CT molecular complexity index is 213. The van der Waals surface area contributed by atoms with Gasteiger partial charge in [0.15, 0.2) is 0 Å². The fraction of sp³-hybridized carbons (Fsp3) is 0.333. The van der Waals surface area contributed by atoms with Crippen LogP contribution < -0.4 is 11.1 Å². The molecule has 0 fully saturated rings. The van der Waals surface area contributed by atoms with Gasteiger partial charge in [0, 0.05) is 6.54 Å². The summed E-state index contributed by atoms with van der Waals surface area (Å²) in [6, 6.07) is 7.75. The lowest BCUT2D eigenvalue weighted by Crippen LogP contribution is -1.99. The molecule has 68 valence electrons. The summed E-state index contributed by atoms with van der Waals surface area (Å²) in [6.45, 7) is 2.96. The summed E-state index contributed by atoms with van der Waals surface area (Å²) in [5, 5.41) is 3.15. The molecule has 0 bridgehead atoms. The van der Waals surface area contributed by atoms with Crippen molar-refractivity contribution < 1.29 is 0 Å². The molecule has 0 atom stereocenters. The summed E-state index contributed by atoms with van der Waals surface area (Å²) < 4.78 is 0. The monoisotopic (exact) mass is 230 g/mol. The van der Waals surface area contributed by atoms with Gasteiger partial charge in [-0.25, -0.2) is 0 Å². The third kappa shape index (κ3) is 3.62. The van der Waals surface area contributed by atoms with Crippen molar-refractivity contribution in [1.82, 2.24) is 0 Å². The molecule has 12 heavy (non-hydrogen) atoms. The molecule has 0 amide bonds. The van der Waals surface area contributed by atoms with Gasteiger partial charge in [-0.2, -0.15) is 0 Å². The number of hydrogen-bond acceptors (Lipinski definition) is 2. The van der Waals surface area contributed by atoms with E-state index in [0.29, 0.717) is 0 Å². The molecule has 2 nitrogen and oxygen atoms in total. The van der Waals surface area contributed by atoms with Gasteiger partial charge in [0.1, 0.15) is 0 Å². The number of para-hydroxylation sites is 2. The molecule has 0 saturated heterocycles. The highest BCUT2D eigenvalue weighted by atomic mass is 79.9. The molecule has 0 aliphatic heterocycles. The molecule has 0 unspecified atom stereocenters. The van der Waals surface area contributed by atoms with E-state index in [0.717, 1.165) is 17.9 Å². The first-order valence-corrected chi connectivity index (χ1v) is 5.39. The van der Waals surface area contributed by atoms with Crippen molar-refractivity contribution in [3.05, 3.63) is 24.3 Å². The largest absolute Gasteiger partial charge is 0.397 e. The summed E-state index contributed by atoms with van der Waals surface area (Å²) in [6.07, 6.45) is 0. The minimum absolute atomic E-state index is 0.810. The van der Waals surface area contributed by atoms with Crippen molar-refractivity contribution in [2.75, 3.05) is 23.4 Å².